The van der Waals surface area contributed by atoms with Crippen LogP contribution < -0.4 is 5.32 Å². The van der Waals surface area contributed by atoms with Crippen LogP contribution in [-0.4, -0.2) is 26.9 Å². The van der Waals surface area contributed by atoms with Gasteiger partial charge in [-0.05, 0) is 37.0 Å². The van der Waals surface area contributed by atoms with Gasteiger partial charge in [-0.15, -0.1) is 0 Å². The molecule has 0 aliphatic heterocycles. The van der Waals surface area contributed by atoms with E-state index in [1.165, 1.54) is 6.42 Å². The van der Waals surface area contributed by atoms with Gasteiger partial charge in [0.2, 0.25) is 0 Å². The smallest absolute Gasteiger partial charge is 0.341 e. The number of carbonyl (C=O) groups is 1. The summed E-state index contributed by atoms with van der Waals surface area (Å²) in [5, 5.41) is 17.1. The van der Waals surface area contributed by atoms with Crippen LogP contribution in [0, 0.1) is 17.8 Å². The second-order valence-electron chi connectivity index (χ2n) is 7.99. The zero-order chi connectivity index (χ0) is 16.0. The molecule has 1 aromatic heterocycles. The van der Waals surface area contributed by atoms with Crippen molar-refractivity contribution < 1.29 is 9.90 Å². The van der Waals surface area contributed by atoms with Crippen molar-refractivity contribution >= 4 is 11.8 Å². The number of aromatic nitrogens is 2. The van der Waals surface area contributed by atoms with Crippen LogP contribution in [0.2, 0.25) is 0 Å². The molecule has 1 aromatic rings. The lowest BCUT2D eigenvalue weighted by Gasteiger charge is -2.45. The standard InChI is InChI=1S/C16H27N3O2/c1-10-12(14(20)21)13(19(6)18-10)17-11-7-15(2,3)9-16(4,5)8-11/h11,17H,7-9H2,1-6H3,(H,20,21). The molecule has 118 valence electrons. The van der Waals surface area contributed by atoms with E-state index in [2.05, 4.69) is 38.1 Å². The van der Waals surface area contributed by atoms with Gasteiger partial charge in [0.05, 0.1) is 5.69 Å². The number of hydrogen-bond donors (Lipinski definition) is 2. The Kier molecular flexibility index (Phi) is 3.80. The van der Waals surface area contributed by atoms with E-state index in [0.29, 0.717) is 17.1 Å². The van der Waals surface area contributed by atoms with Crippen molar-refractivity contribution in [2.75, 3.05) is 5.32 Å². The number of hydrogen-bond acceptors (Lipinski definition) is 3. The zero-order valence-corrected chi connectivity index (χ0v) is 13.9. The van der Waals surface area contributed by atoms with Crippen LogP contribution in [0.5, 0.6) is 0 Å². The summed E-state index contributed by atoms with van der Waals surface area (Å²) in [5.41, 5.74) is 1.37. The van der Waals surface area contributed by atoms with Gasteiger partial charge in [-0.25, -0.2) is 4.79 Å². The van der Waals surface area contributed by atoms with Gasteiger partial charge in [-0.1, -0.05) is 27.7 Å². The molecule has 5 nitrogen and oxygen atoms in total. The Labute approximate surface area is 126 Å². The molecule has 0 unspecified atom stereocenters. The molecule has 0 aromatic carbocycles. The fourth-order valence-corrected chi connectivity index (χ4v) is 4.22. The Morgan fingerprint density at radius 2 is 1.81 bits per heavy atom. The highest BCUT2D eigenvalue weighted by Crippen LogP contribution is 2.46. The predicted octanol–water partition coefficient (Wildman–Crippen LogP) is 3.44. The highest BCUT2D eigenvalue weighted by atomic mass is 16.4. The first-order valence-electron chi connectivity index (χ1n) is 7.54. The van der Waals surface area contributed by atoms with Crippen LogP contribution in [-0.2, 0) is 7.05 Å². The fraction of sp³-hybridized carbons (Fsp3) is 0.750. The number of carboxylic acid groups (broad SMARTS) is 1. The third-order valence-electron chi connectivity index (χ3n) is 4.33. The molecule has 1 saturated carbocycles. The van der Waals surface area contributed by atoms with Crippen molar-refractivity contribution in [2.24, 2.45) is 17.9 Å². The predicted molar refractivity (Wildman–Crippen MR) is 83.7 cm³/mol. The number of rotatable bonds is 3. The number of anilines is 1. The quantitative estimate of drug-likeness (QED) is 0.895. The molecule has 0 bridgehead atoms. The van der Waals surface area contributed by atoms with Crippen LogP contribution in [0.3, 0.4) is 0 Å². The lowest BCUT2D eigenvalue weighted by Crippen LogP contribution is -2.40. The van der Waals surface area contributed by atoms with Crippen molar-refractivity contribution in [1.82, 2.24) is 9.78 Å². The topological polar surface area (TPSA) is 67.2 Å². The molecular weight excluding hydrogens is 266 g/mol. The van der Waals surface area contributed by atoms with E-state index in [1.807, 2.05) is 0 Å². The lowest BCUT2D eigenvalue weighted by molar-refractivity contribution is 0.0697. The average Bonchev–Trinajstić information content (AvgIpc) is 2.48. The van der Waals surface area contributed by atoms with E-state index in [-0.39, 0.29) is 16.9 Å². The van der Waals surface area contributed by atoms with Crippen molar-refractivity contribution in [3.63, 3.8) is 0 Å². The normalized spacial score (nSPS) is 21.2. The molecule has 21 heavy (non-hydrogen) atoms. The molecule has 0 amide bonds. The third kappa shape index (κ3) is 3.39. The third-order valence-corrected chi connectivity index (χ3v) is 4.33. The van der Waals surface area contributed by atoms with Gasteiger partial charge in [-0.3, -0.25) is 4.68 Å². The molecule has 2 rings (SSSR count). The maximum atomic E-state index is 11.5. The summed E-state index contributed by atoms with van der Waals surface area (Å²) in [6.45, 7) is 10.9. The summed E-state index contributed by atoms with van der Waals surface area (Å²) in [4.78, 5) is 11.5. The summed E-state index contributed by atoms with van der Waals surface area (Å²) in [6, 6.07) is 0.275. The molecule has 0 spiro atoms. The minimum absolute atomic E-state index is 0.260. The minimum atomic E-state index is -0.919. The molecule has 1 heterocycles. The van der Waals surface area contributed by atoms with Crippen LogP contribution >= 0.6 is 0 Å². The van der Waals surface area contributed by atoms with Crippen molar-refractivity contribution in [3.05, 3.63) is 11.3 Å². The SMILES string of the molecule is Cc1nn(C)c(NC2CC(C)(C)CC(C)(C)C2)c1C(=O)O. The van der Waals surface area contributed by atoms with E-state index in [1.54, 1.807) is 18.7 Å². The number of nitrogens with one attached hydrogen (secondary N) is 1. The van der Waals surface area contributed by atoms with Crippen molar-refractivity contribution in [1.29, 1.82) is 0 Å². The first kappa shape index (κ1) is 15.9. The Morgan fingerprint density at radius 1 is 1.29 bits per heavy atom. The molecule has 1 aliphatic rings. The minimum Gasteiger partial charge on any atom is -0.477 e. The van der Waals surface area contributed by atoms with E-state index < -0.39 is 5.97 Å². The monoisotopic (exact) mass is 293 g/mol. The molecule has 0 saturated heterocycles. The van der Waals surface area contributed by atoms with E-state index >= 15 is 0 Å². The molecule has 2 N–H and O–H groups in total. The van der Waals surface area contributed by atoms with Crippen LogP contribution in [0.4, 0.5) is 5.82 Å². The summed E-state index contributed by atoms with van der Waals surface area (Å²) < 4.78 is 1.65. The zero-order valence-electron chi connectivity index (χ0n) is 13.9. The first-order valence-corrected chi connectivity index (χ1v) is 7.54. The van der Waals surface area contributed by atoms with Gasteiger partial charge in [0.25, 0.3) is 0 Å². The lowest BCUT2D eigenvalue weighted by atomic mass is 9.63. The summed E-state index contributed by atoms with van der Waals surface area (Å²) in [6.07, 6.45) is 3.27. The molecule has 5 heteroatoms. The second kappa shape index (κ2) is 5.04. The average molecular weight is 293 g/mol. The maximum Gasteiger partial charge on any atom is 0.341 e. The van der Waals surface area contributed by atoms with Crippen LogP contribution in [0.25, 0.3) is 0 Å². The Balaban J connectivity index is 2.28. The number of aryl methyl sites for hydroxylation is 2. The Bertz CT molecular complexity index is 542. The van der Waals surface area contributed by atoms with Crippen LogP contribution in [0.1, 0.15) is 63.0 Å². The highest BCUT2D eigenvalue weighted by molar-refractivity contribution is 5.94. The fourth-order valence-electron chi connectivity index (χ4n) is 4.22. The van der Waals surface area contributed by atoms with Gasteiger partial charge in [0.15, 0.2) is 0 Å². The molecule has 0 radical (unpaired) electrons. The van der Waals surface area contributed by atoms with Gasteiger partial charge < -0.3 is 10.4 Å². The number of aromatic carboxylic acids is 1. The van der Waals surface area contributed by atoms with E-state index in [0.717, 1.165) is 12.8 Å². The van der Waals surface area contributed by atoms with Crippen molar-refractivity contribution in [3.8, 4) is 0 Å². The summed E-state index contributed by atoms with van der Waals surface area (Å²) >= 11 is 0. The largest absolute Gasteiger partial charge is 0.477 e. The first-order chi connectivity index (χ1) is 9.51. The van der Waals surface area contributed by atoms with E-state index in [9.17, 15) is 9.90 Å². The van der Waals surface area contributed by atoms with Gasteiger partial charge in [0, 0.05) is 13.1 Å². The second-order valence-corrected chi connectivity index (χ2v) is 7.99. The molecule has 1 fully saturated rings. The van der Waals surface area contributed by atoms with E-state index in [4.69, 9.17) is 0 Å². The number of nitrogens with zero attached hydrogens (tertiary/aromatic N) is 2. The number of carboxylic acids is 1. The van der Waals surface area contributed by atoms with Gasteiger partial charge in [0.1, 0.15) is 11.4 Å². The van der Waals surface area contributed by atoms with Crippen molar-refractivity contribution in [2.45, 2.75) is 59.9 Å². The molecule has 1 aliphatic carbocycles. The van der Waals surface area contributed by atoms with Gasteiger partial charge >= 0.3 is 5.97 Å². The Hall–Kier alpha value is -1.52. The van der Waals surface area contributed by atoms with Gasteiger partial charge in [-0.2, -0.15) is 5.10 Å². The molecule has 0 atom stereocenters. The summed E-state index contributed by atoms with van der Waals surface area (Å²) in [7, 11) is 1.79. The Morgan fingerprint density at radius 3 is 2.29 bits per heavy atom. The highest BCUT2D eigenvalue weighted by Gasteiger charge is 2.39. The maximum absolute atomic E-state index is 11.5. The summed E-state index contributed by atoms with van der Waals surface area (Å²) in [5.74, 6) is -0.295. The molecular formula is C16H27N3O2. The van der Waals surface area contributed by atoms with Crippen LogP contribution in [0.15, 0.2) is 0 Å².